The van der Waals surface area contributed by atoms with Crippen molar-refractivity contribution in [1.82, 2.24) is 10.2 Å². The summed E-state index contributed by atoms with van der Waals surface area (Å²) >= 11 is 8.37. The fourth-order valence-electron chi connectivity index (χ4n) is 2.19. The Balaban J connectivity index is 1.56. The second-order valence-electron chi connectivity index (χ2n) is 5.37. The van der Waals surface area contributed by atoms with Crippen LogP contribution in [0.15, 0.2) is 52.9 Å². The van der Waals surface area contributed by atoms with Gasteiger partial charge >= 0.3 is 0 Å². The maximum atomic E-state index is 12.4. The van der Waals surface area contributed by atoms with E-state index in [1.54, 1.807) is 12.1 Å². The molecule has 1 aromatic heterocycles. The first-order chi connectivity index (χ1) is 13.5. The summed E-state index contributed by atoms with van der Waals surface area (Å²) in [6.45, 7) is 0. The third-order valence-electron chi connectivity index (χ3n) is 3.42. The number of amides is 2. The molecular formula is C18H15ClN4O3S2. The third-order valence-corrected chi connectivity index (χ3v) is 5.62. The van der Waals surface area contributed by atoms with Gasteiger partial charge in [-0.05, 0) is 30.3 Å². The van der Waals surface area contributed by atoms with Crippen LogP contribution in [0, 0.1) is 0 Å². The summed E-state index contributed by atoms with van der Waals surface area (Å²) in [7, 11) is 1.47. The number of ether oxygens (including phenoxy) is 1. The second-order valence-corrected chi connectivity index (χ2v) is 8.01. The molecule has 0 fully saturated rings. The Hall–Kier alpha value is -2.62. The van der Waals surface area contributed by atoms with Gasteiger partial charge in [-0.2, -0.15) is 0 Å². The zero-order valence-corrected chi connectivity index (χ0v) is 17.0. The Kier molecular flexibility index (Phi) is 6.85. The van der Waals surface area contributed by atoms with Gasteiger partial charge in [-0.15, -0.1) is 10.2 Å². The maximum Gasteiger partial charge on any atom is 0.261 e. The Morgan fingerprint density at radius 1 is 1.14 bits per heavy atom. The number of benzene rings is 2. The molecule has 0 aliphatic rings. The van der Waals surface area contributed by atoms with Gasteiger partial charge in [-0.25, -0.2) is 0 Å². The molecule has 0 spiro atoms. The number of carbonyl (C=O) groups is 2. The predicted octanol–water partition coefficient (Wildman–Crippen LogP) is 4.18. The number of nitrogens with zero attached hydrogens (tertiary/aromatic N) is 2. The first kappa shape index (κ1) is 20.1. The van der Waals surface area contributed by atoms with Crippen LogP contribution in [-0.2, 0) is 4.79 Å². The molecule has 3 rings (SSSR count). The first-order valence-electron chi connectivity index (χ1n) is 8.01. The van der Waals surface area contributed by atoms with E-state index in [0.29, 0.717) is 25.8 Å². The second kappa shape index (κ2) is 9.54. The van der Waals surface area contributed by atoms with Crippen LogP contribution in [0.2, 0.25) is 5.02 Å². The molecule has 0 bridgehead atoms. The fourth-order valence-corrected chi connectivity index (χ4v) is 3.91. The van der Waals surface area contributed by atoms with Crippen LogP contribution in [-0.4, -0.2) is 34.9 Å². The Morgan fingerprint density at radius 3 is 2.68 bits per heavy atom. The fraction of sp³-hybridized carbons (Fsp3) is 0.111. The molecule has 3 aromatic rings. The molecular weight excluding hydrogens is 420 g/mol. The maximum absolute atomic E-state index is 12.4. The molecule has 0 unspecified atom stereocenters. The van der Waals surface area contributed by atoms with E-state index in [9.17, 15) is 9.59 Å². The van der Waals surface area contributed by atoms with E-state index in [2.05, 4.69) is 20.8 Å². The number of para-hydroxylation sites is 1. The summed E-state index contributed by atoms with van der Waals surface area (Å²) in [6.07, 6.45) is 0. The van der Waals surface area contributed by atoms with Crippen molar-refractivity contribution in [1.29, 1.82) is 0 Å². The summed E-state index contributed by atoms with van der Waals surface area (Å²) < 4.78 is 5.74. The molecule has 2 aromatic carbocycles. The van der Waals surface area contributed by atoms with E-state index in [1.807, 2.05) is 30.3 Å². The molecule has 10 heteroatoms. The normalized spacial score (nSPS) is 10.4. The van der Waals surface area contributed by atoms with Crippen LogP contribution in [0.3, 0.4) is 0 Å². The molecule has 7 nitrogen and oxygen atoms in total. The topological polar surface area (TPSA) is 93.2 Å². The van der Waals surface area contributed by atoms with E-state index in [-0.39, 0.29) is 11.7 Å². The van der Waals surface area contributed by atoms with E-state index < -0.39 is 5.91 Å². The number of methoxy groups -OCH3 is 1. The minimum absolute atomic E-state index is 0.152. The largest absolute Gasteiger partial charge is 0.496 e. The van der Waals surface area contributed by atoms with E-state index >= 15 is 0 Å². The summed E-state index contributed by atoms with van der Waals surface area (Å²) in [5, 5.41) is 14.1. The molecule has 0 aliphatic carbocycles. The quantitative estimate of drug-likeness (QED) is 0.428. The lowest BCUT2D eigenvalue weighted by Gasteiger charge is -2.07. The Bertz CT molecular complexity index is 982. The molecule has 28 heavy (non-hydrogen) atoms. The minimum atomic E-state index is -0.408. The van der Waals surface area contributed by atoms with Crippen LogP contribution in [0.4, 0.5) is 10.8 Å². The Morgan fingerprint density at radius 2 is 1.93 bits per heavy atom. The van der Waals surface area contributed by atoms with Crippen LogP contribution in [0.1, 0.15) is 10.4 Å². The summed E-state index contributed by atoms with van der Waals surface area (Å²) in [4.78, 5) is 24.4. The lowest BCUT2D eigenvalue weighted by atomic mass is 10.2. The van der Waals surface area contributed by atoms with Crippen molar-refractivity contribution in [3.8, 4) is 5.75 Å². The van der Waals surface area contributed by atoms with E-state index in [0.717, 1.165) is 5.69 Å². The Labute approximate surface area is 174 Å². The summed E-state index contributed by atoms with van der Waals surface area (Å²) in [5.41, 5.74) is 1.02. The molecule has 0 atom stereocenters. The van der Waals surface area contributed by atoms with Gasteiger partial charge < -0.3 is 10.1 Å². The van der Waals surface area contributed by atoms with Gasteiger partial charge in [0.05, 0.1) is 18.4 Å². The van der Waals surface area contributed by atoms with Crippen molar-refractivity contribution in [3.63, 3.8) is 0 Å². The van der Waals surface area contributed by atoms with Crippen LogP contribution >= 0.6 is 34.7 Å². The van der Waals surface area contributed by atoms with Crippen LogP contribution in [0.25, 0.3) is 0 Å². The van der Waals surface area contributed by atoms with Gasteiger partial charge in [0.2, 0.25) is 11.0 Å². The smallest absolute Gasteiger partial charge is 0.261 e. The molecule has 0 saturated heterocycles. The van der Waals surface area contributed by atoms with Gasteiger partial charge in [-0.3, -0.25) is 14.9 Å². The van der Waals surface area contributed by atoms with Crippen molar-refractivity contribution in [2.75, 3.05) is 23.5 Å². The molecule has 2 amide bonds. The third kappa shape index (κ3) is 5.44. The monoisotopic (exact) mass is 434 g/mol. The number of aromatic nitrogens is 2. The van der Waals surface area contributed by atoms with Gasteiger partial charge in [-0.1, -0.05) is 52.9 Å². The van der Waals surface area contributed by atoms with Crippen molar-refractivity contribution in [2.24, 2.45) is 0 Å². The number of halogens is 1. The highest BCUT2D eigenvalue weighted by Crippen LogP contribution is 2.28. The lowest BCUT2D eigenvalue weighted by molar-refractivity contribution is -0.113. The number of thioether (sulfide) groups is 1. The average molecular weight is 435 g/mol. The van der Waals surface area contributed by atoms with Gasteiger partial charge in [0.1, 0.15) is 5.75 Å². The van der Waals surface area contributed by atoms with Gasteiger partial charge in [0, 0.05) is 10.7 Å². The number of carbonyl (C=O) groups excluding carboxylic acids is 2. The highest BCUT2D eigenvalue weighted by atomic mass is 35.5. The molecule has 1 heterocycles. The minimum Gasteiger partial charge on any atom is -0.496 e. The average Bonchev–Trinajstić information content (AvgIpc) is 3.14. The first-order valence-corrected chi connectivity index (χ1v) is 10.2. The van der Waals surface area contributed by atoms with Crippen LogP contribution in [0.5, 0.6) is 5.75 Å². The number of anilines is 2. The van der Waals surface area contributed by atoms with Crippen LogP contribution < -0.4 is 15.4 Å². The van der Waals surface area contributed by atoms with E-state index in [1.165, 1.54) is 36.3 Å². The summed E-state index contributed by atoms with van der Waals surface area (Å²) in [5.74, 6) is 0.0210. The highest BCUT2D eigenvalue weighted by Gasteiger charge is 2.16. The molecule has 144 valence electrons. The van der Waals surface area contributed by atoms with Crippen molar-refractivity contribution in [3.05, 3.63) is 59.1 Å². The standard InChI is InChI=1S/C18H15ClN4O3S2/c1-26-14-8-7-11(19)9-13(14)16(25)21-17-22-23-18(28-17)27-10-15(24)20-12-5-3-2-4-6-12/h2-9H,10H2,1H3,(H,20,24)(H,21,22,25). The van der Waals surface area contributed by atoms with E-state index in [4.69, 9.17) is 16.3 Å². The van der Waals surface area contributed by atoms with Gasteiger partial charge in [0.15, 0.2) is 4.34 Å². The number of rotatable bonds is 7. The van der Waals surface area contributed by atoms with Crippen molar-refractivity contribution < 1.29 is 14.3 Å². The predicted molar refractivity (Wildman–Crippen MR) is 112 cm³/mol. The molecule has 0 aliphatic heterocycles. The highest BCUT2D eigenvalue weighted by molar-refractivity contribution is 8.01. The van der Waals surface area contributed by atoms with Crippen molar-refractivity contribution in [2.45, 2.75) is 4.34 Å². The molecule has 2 N–H and O–H groups in total. The SMILES string of the molecule is COc1ccc(Cl)cc1C(=O)Nc1nnc(SCC(=O)Nc2ccccc2)s1. The zero-order chi connectivity index (χ0) is 19.9. The number of nitrogens with one attached hydrogen (secondary N) is 2. The lowest BCUT2D eigenvalue weighted by Crippen LogP contribution is -2.13. The van der Waals surface area contributed by atoms with Gasteiger partial charge in [0.25, 0.3) is 5.91 Å². The summed E-state index contributed by atoms with van der Waals surface area (Å²) in [6, 6.07) is 14.0. The number of hydrogen-bond donors (Lipinski definition) is 2. The molecule has 0 radical (unpaired) electrons. The number of hydrogen-bond acceptors (Lipinski definition) is 7. The zero-order valence-electron chi connectivity index (χ0n) is 14.6. The molecule has 0 saturated carbocycles. The van der Waals surface area contributed by atoms with Crippen molar-refractivity contribution >= 4 is 57.3 Å².